The molecule has 2 aromatic rings. The van der Waals surface area contributed by atoms with Gasteiger partial charge in [-0.1, -0.05) is 18.2 Å². The Morgan fingerprint density at radius 2 is 1.77 bits per heavy atom. The lowest BCUT2D eigenvalue weighted by atomic mass is 9.94. The zero-order chi connectivity index (χ0) is 21.1. The highest BCUT2D eigenvalue weighted by atomic mass is 32.2. The van der Waals surface area contributed by atoms with E-state index in [1.807, 2.05) is 6.08 Å². The van der Waals surface area contributed by atoms with Gasteiger partial charge in [0.1, 0.15) is 11.6 Å². The maximum absolute atomic E-state index is 13.1. The normalized spacial score (nSPS) is 18.2. The van der Waals surface area contributed by atoms with Crippen LogP contribution in [-0.4, -0.2) is 37.8 Å². The third-order valence-corrected chi connectivity index (χ3v) is 7.62. The molecule has 0 atom stereocenters. The van der Waals surface area contributed by atoms with Gasteiger partial charge in [0.25, 0.3) is 5.91 Å². The fourth-order valence-corrected chi connectivity index (χ4v) is 5.11. The first-order valence-corrected chi connectivity index (χ1v) is 11.5. The molecular weight excluding hydrogens is 407 g/mol. The van der Waals surface area contributed by atoms with E-state index >= 15 is 0 Å². The van der Waals surface area contributed by atoms with Crippen molar-refractivity contribution in [2.75, 3.05) is 18.5 Å². The van der Waals surface area contributed by atoms with Crippen LogP contribution >= 0.6 is 0 Å². The van der Waals surface area contributed by atoms with Crippen LogP contribution in [-0.2, 0) is 19.4 Å². The van der Waals surface area contributed by atoms with Crippen molar-refractivity contribution in [1.82, 2.24) is 4.98 Å². The van der Waals surface area contributed by atoms with E-state index < -0.39 is 15.7 Å². The number of hydrogen-bond acceptors (Lipinski definition) is 5. The lowest BCUT2D eigenvalue weighted by Gasteiger charge is -2.20. The van der Waals surface area contributed by atoms with Crippen LogP contribution < -0.4 is 5.32 Å². The van der Waals surface area contributed by atoms with Crippen LogP contribution in [0.1, 0.15) is 31.2 Å². The van der Waals surface area contributed by atoms with Gasteiger partial charge >= 0.3 is 0 Å². The minimum absolute atomic E-state index is 0.176. The first kappa shape index (κ1) is 20.7. The molecule has 1 aromatic carbocycles. The summed E-state index contributed by atoms with van der Waals surface area (Å²) < 4.78 is 43.4. The predicted octanol–water partition coefficient (Wildman–Crippen LogP) is 3.61. The van der Waals surface area contributed by atoms with E-state index in [9.17, 15) is 17.6 Å². The smallest absolute Gasteiger partial charge is 0.257 e. The van der Waals surface area contributed by atoms with Crippen LogP contribution in [0.5, 0.6) is 0 Å². The molecule has 0 unspecified atom stereocenters. The molecule has 2 heterocycles. The van der Waals surface area contributed by atoms with Crippen LogP contribution in [0.4, 0.5) is 10.2 Å². The molecule has 0 radical (unpaired) electrons. The zero-order valence-corrected chi connectivity index (χ0v) is 17.2. The molecule has 1 aliphatic heterocycles. The number of nitrogens with one attached hydrogen (secondary N) is 1. The first-order chi connectivity index (χ1) is 14.4. The highest BCUT2D eigenvalue weighted by Gasteiger charge is 2.36. The maximum Gasteiger partial charge on any atom is 0.257 e. The minimum atomic E-state index is -3.29. The van der Waals surface area contributed by atoms with Crippen LogP contribution in [0.3, 0.4) is 0 Å². The highest BCUT2D eigenvalue weighted by molar-refractivity contribution is 7.92. The van der Waals surface area contributed by atoms with Gasteiger partial charge in [-0.15, -0.1) is 0 Å². The van der Waals surface area contributed by atoms with Crippen molar-refractivity contribution in [2.45, 2.75) is 35.8 Å². The monoisotopic (exact) mass is 430 g/mol. The highest BCUT2D eigenvalue weighted by Crippen LogP contribution is 2.34. The SMILES string of the molecule is O=C(Nc1ccc(F)cn1)/C(=C/C1CCOCC1)c1ccc(S(=O)(=O)C2CC2)cc1. The lowest BCUT2D eigenvalue weighted by Crippen LogP contribution is -2.18. The number of pyridine rings is 1. The second-order valence-corrected chi connectivity index (χ2v) is 9.84. The van der Waals surface area contributed by atoms with Crippen molar-refractivity contribution in [2.24, 2.45) is 5.92 Å². The Balaban J connectivity index is 1.61. The topological polar surface area (TPSA) is 85.4 Å². The van der Waals surface area contributed by atoms with E-state index in [1.165, 1.54) is 12.1 Å². The molecule has 30 heavy (non-hydrogen) atoms. The number of amides is 1. The van der Waals surface area contributed by atoms with Crippen LogP contribution in [0, 0.1) is 11.7 Å². The number of ether oxygens (including phenoxy) is 1. The molecule has 6 nitrogen and oxygen atoms in total. The molecule has 1 aliphatic carbocycles. The predicted molar refractivity (Wildman–Crippen MR) is 111 cm³/mol. The number of aromatic nitrogens is 1. The summed E-state index contributed by atoms with van der Waals surface area (Å²) in [6.07, 6.45) is 5.96. The van der Waals surface area contributed by atoms with E-state index in [0.717, 1.165) is 19.0 Å². The number of anilines is 1. The second-order valence-electron chi connectivity index (χ2n) is 7.61. The molecule has 1 saturated heterocycles. The second kappa shape index (κ2) is 8.65. The summed E-state index contributed by atoms with van der Waals surface area (Å²) >= 11 is 0. The van der Waals surface area contributed by atoms with Crippen molar-refractivity contribution in [1.29, 1.82) is 0 Å². The summed E-state index contributed by atoms with van der Waals surface area (Å²) in [6, 6.07) is 9.07. The molecule has 0 bridgehead atoms. The van der Waals surface area contributed by atoms with Gasteiger partial charge in [-0.2, -0.15) is 0 Å². The molecule has 8 heteroatoms. The Hall–Kier alpha value is -2.58. The summed E-state index contributed by atoms with van der Waals surface area (Å²) in [5.41, 5.74) is 1.05. The van der Waals surface area contributed by atoms with E-state index in [0.29, 0.717) is 37.2 Å². The van der Waals surface area contributed by atoms with Gasteiger partial charge in [0, 0.05) is 18.8 Å². The summed E-state index contributed by atoms with van der Waals surface area (Å²) in [5, 5.41) is 2.41. The average molecular weight is 431 g/mol. The Morgan fingerprint density at radius 3 is 2.37 bits per heavy atom. The third kappa shape index (κ3) is 4.76. The minimum Gasteiger partial charge on any atom is -0.381 e. The fraction of sp³-hybridized carbons (Fsp3) is 0.364. The number of allylic oxidation sites excluding steroid dienone is 1. The summed E-state index contributed by atoms with van der Waals surface area (Å²) in [6.45, 7) is 1.27. The third-order valence-electron chi connectivity index (χ3n) is 5.34. The van der Waals surface area contributed by atoms with Crippen molar-refractivity contribution in [3.8, 4) is 0 Å². The van der Waals surface area contributed by atoms with Crippen LogP contribution in [0.2, 0.25) is 0 Å². The van der Waals surface area contributed by atoms with E-state index in [2.05, 4.69) is 10.3 Å². The quantitative estimate of drug-likeness (QED) is 0.708. The van der Waals surface area contributed by atoms with Gasteiger partial charge in [-0.25, -0.2) is 17.8 Å². The van der Waals surface area contributed by atoms with Gasteiger partial charge in [0.15, 0.2) is 9.84 Å². The van der Waals surface area contributed by atoms with Gasteiger partial charge in [-0.05, 0) is 61.4 Å². The maximum atomic E-state index is 13.1. The van der Waals surface area contributed by atoms with Gasteiger partial charge < -0.3 is 10.1 Å². The number of sulfone groups is 1. The molecule has 0 spiro atoms. The molecule has 1 saturated carbocycles. The number of halogens is 1. The number of benzene rings is 1. The Labute approximate surface area is 175 Å². The van der Waals surface area contributed by atoms with Crippen molar-refractivity contribution in [3.63, 3.8) is 0 Å². The van der Waals surface area contributed by atoms with Gasteiger partial charge in [-0.3, -0.25) is 4.79 Å². The molecule has 4 rings (SSSR count). The van der Waals surface area contributed by atoms with E-state index in [-0.39, 0.29) is 27.8 Å². The summed E-state index contributed by atoms with van der Waals surface area (Å²) in [5.74, 6) is -0.445. The van der Waals surface area contributed by atoms with Gasteiger partial charge in [0.05, 0.1) is 16.3 Å². The molecular formula is C22H23FN2O4S. The molecule has 1 N–H and O–H groups in total. The summed E-state index contributed by atoms with van der Waals surface area (Å²) in [4.78, 5) is 17.2. The van der Waals surface area contributed by atoms with Crippen molar-refractivity contribution < 1.29 is 22.3 Å². The molecule has 1 amide bonds. The average Bonchev–Trinajstić information content (AvgIpc) is 3.61. The number of rotatable bonds is 6. The van der Waals surface area contributed by atoms with Crippen LogP contribution in [0.15, 0.2) is 53.6 Å². The standard InChI is InChI=1S/C22H23FN2O4S/c23-17-3-8-21(24-14-17)25-22(26)20(13-15-9-11-29-12-10-15)16-1-4-18(5-2-16)30(27,28)19-6-7-19/h1-5,8,13-15,19H,6-7,9-12H2,(H,24,25,26)/b20-13+. The Bertz CT molecular complexity index is 1040. The Morgan fingerprint density at radius 1 is 1.07 bits per heavy atom. The molecule has 2 fully saturated rings. The van der Waals surface area contributed by atoms with Gasteiger partial charge in [0.2, 0.25) is 0 Å². The van der Waals surface area contributed by atoms with Crippen molar-refractivity contribution >= 4 is 27.1 Å². The number of carbonyl (C=O) groups excluding carboxylic acids is 1. The number of hydrogen-bond donors (Lipinski definition) is 1. The lowest BCUT2D eigenvalue weighted by molar-refractivity contribution is -0.111. The number of carbonyl (C=O) groups is 1. The first-order valence-electron chi connectivity index (χ1n) is 10.0. The number of nitrogens with zero attached hydrogens (tertiary/aromatic N) is 1. The molecule has 158 valence electrons. The van der Waals surface area contributed by atoms with Crippen molar-refractivity contribution in [3.05, 3.63) is 60.1 Å². The summed E-state index contributed by atoms with van der Waals surface area (Å²) in [7, 11) is -3.29. The zero-order valence-electron chi connectivity index (χ0n) is 16.4. The molecule has 1 aromatic heterocycles. The van der Waals surface area contributed by atoms with Crippen LogP contribution in [0.25, 0.3) is 5.57 Å². The largest absolute Gasteiger partial charge is 0.381 e. The van der Waals surface area contributed by atoms with E-state index in [1.54, 1.807) is 24.3 Å². The Kier molecular flexibility index (Phi) is 5.97. The fourth-order valence-electron chi connectivity index (χ4n) is 3.45. The molecule has 2 aliphatic rings. The van der Waals surface area contributed by atoms with E-state index in [4.69, 9.17) is 4.74 Å².